The standard InChI is InChI=1S/C15H18FN3O3/c1-14(10-7-9(17)3-4-11(10)16)8-15(5-2-6-15)22-12(19-14)18-13(20)21/h3-4,7H,2,5-6,8,17H2,1H3,(H,18,19)(H,20,21)/t14-/m0/s1. The minimum atomic E-state index is -1.26. The first-order chi connectivity index (χ1) is 10.3. The third-order valence-electron chi connectivity index (χ3n) is 4.38. The van der Waals surface area contributed by atoms with Crippen molar-refractivity contribution in [1.29, 1.82) is 0 Å². The summed E-state index contributed by atoms with van der Waals surface area (Å²) in [4.78, 5) is 15.2. The Kier molecular flexibility index (Phi) is 3.23. The van der Waals surface area contributed by atoms with Gasteiger partial charge in [0.2, 0.25) is 0 Å². The number of hydrogen-bond acceptors (Lipinski definition) is 4. The zero-order valence-electron chi connectivity index (χ0n) is 12.2. The van der Waals surface area contributed by atoms with Gasteiger partial charge >= 0.3 is 6.09 Å². The van der Waals surface area contributed by atoms with Crippen LogP contribution in [0.2, 0.25) is 0 Å². The molecule has 6 nitrogen and oxygen atoms in total. The van der Waals surface area contributed by atoms with Gasteiger partial charge in [-0.05, 0) is 44.4 Å². The highest BCUT2D eigenvalue weighted by Gasteiger charge is 2.50. The summed E-state index contributed by atoms with van der Waals surface area (Å²) in [5, 5.41) is 11.1. The molecule has 0 saturated heterocycles. The number of nitrogens with one attached hydrogen (secondary N) is 1. The quantitative estimate of drug-likeness (QED) is 0.695. The number of halogens is 1. The maximum absolute atomic E-state index is 14.3. The molecule has 1 heterocycles. The van der Waals surface area contributed by atoms with Crippen molar-refractivity contribution in [1.82, 2.24) is 5.32 Å². The minimum Gasteiger partial charge on any atom is -0.465 e. The first-order valence-corrected chi connectivity index (χ1v) is 7.16. The molecule has 0 radical (unpaired) electrons. The second-order valence-corrected chi connectivity index (χ2v) is 6.18. The van der Waals surface area contributed by atoms with Crippen molar-refractivity contribution >= 4 is 17.8 Å². The number of carboxylic acid groups (broad SMARTS) is 1. The fraction of sp³-hybridized carbons (Fsp3) is 0.467. The molecule has 2 aliphatic rings. The van der Waals surface area contributed by atoms with Gasteiger partial charge in [-0.3, -0.25) is 0 Å². The van der Waals surface area contributed by atoms with E-state index in [4.69, 9.17) is 15.6 Å². The Balaban J connectivity index is 2.05. The fourth-order valence-corrected chi connectivity index (χ4v) is 3.26. The zero-order chi connectivity index (χ0) is 16.0. The van der Waals surface area contributed by atoms with Gasteiger partial charge in [-0.1, -0.05) is 0 Å². The van der Waals surface area contributed by atoms with Crippen LogP contribution in [-0.4, -0.2) is 22.8 Å². The van der Waals surface area contributed by atoms with Crippen LogP contribution in [0.1, 0.15) is 38.2 Å². The molecule has 1 saturated carbocycles. The van der Waals surface area contributed by atoms with Crippen LogP contribution < -0.4 is 11.1 Å². The van der Waals surface area contributed by atoms with E-state index in [0.717, 1.165) is 19.3 Å². The van der Waals surface area contributed by atoms with Gasteiger partial charge in [-0.2, -0.15) is 0 Å². The molecular formula is C15H18FN3O3. The Morgan fingerprint density at radius 3 is 2.82 bits per heavy atom. The molecule has 0 unspecified atom stereocenters. The SMILES string of the molecule is C[C@@]1(c2cc(N)ccc2F)CC2(CCC2)OC(NC(=O)O)=N1. The van der Waals surface area contributed by atoms with Crippen LogP contribution in [0.25, 0.3) is 0 Å². The molecule has 1 aromatic carbocycles. The van der Waals surface area contributed by atoms with E-state index < -0.39 is 23.1 Å². The predicted molar refractivity (Wildman–Crippen MR) is 79.0 cm³/mol. The Bertz CT molecular complexity index is 657. The summed E-state index contributed by atoms with van der Waals surface area (Å²) >= 11 is 0. The van der Waals surface area contributed by atoms with E-state index in [9.17, 15) is 9.18 Å². The van der Waals surface area contributed by atoms with Gasteiger partial charge in [0.25, 0.3) is 6.02 Å². The molecule has 1 atom stereocenters. The topological polar surface area (TPSA) is 96.9 Å². The Morgan fingerprint density at radius 1 is 1.50 bits per heavy atom. The van der Waals surface area contributed by atoms with E-state index in [1.807, 2.05) is 0 Å². The van der Waals surface area contributed by atoms with Crippen LogP contribution in [0, 0.1) is 5.82 Å². The molecule has 1 spiro atoms. The summed E-state index contributed by atoms with van der Waals surface area (Å²) in [6.07, 6.45) is 1.83. The Morgan fingerprint density at radius 2 is 2.23 bits per heavy atom. The fourth-order valence-electron chi connectivity index (χ4n) is 3.26. The van der Waals surface area contributed by atoms with Crippen molar-refractivity contribution in [2.75, 3.05) is 5.73 Å². The average molecular weight is 307 g/mol. The van der Waals surface area contributed by atoms with Gasteiger partial charge in [0.05, 0.1) is 5.54 Å². The first-order valence-electron chi connectivity index (χ1n) is 7.16. The Hall–Kier alpha value is -2.31. The molecule has 1 aliphatic carbocycles. The largest absolute Gasteiger partial charge is 0.465 e. The molecule has 0 bridgehead atoms. The lowest BCUT2D eigenvalue weighted by molar-refractivity contribution is -0.0604. The normalized spacial score (nSPS) is 25.8. The molecule has 1 amide bonds. The number of anilines is 1. The maximum atomic E-state index is 14.3. The number of carbonyl (C=O) groups is 1. The third-order valence-corrected chi connectivity index (χ3v) is 4.38. The van der Waals surface area contributed by atoms with E-state index in [0.29, 0.717) is 17.7 Å². The summed E-state index contributed by atoms with van der Waals surface area (Å²) in [7, 11) is 0. The van der Waals surface area contributed by atoms with Crippen molar-refractivity contribution < 1.29 is 19.0 Å². The molecule has 0 aromatic heterocycles. The highest BCUT2D eigenvalue weighted by Crippen LogP contribution is 2.49. The summed E-state index contributed by atoms with van der Waals surface area (Å²) < 4.78 is 20.0. The van der Waals surface area contributed by atoms with Crippen LogP contribution in [0.15, 0.2) is 23.2 Å². The summed E-state index contributed by atoms with van der Waals surface area (Å²) in [6.45, 7) is 1.77. The van der Waals surface area contributed by atoms with E-state index in [1.54, 1.807) is 13.0 Å². The van der Waals surface area contributed by atoms with Crippen molar-refractivity contribution in [2.24, 2.45) is 4.99 Å². The van der Waals surface area contributed by atoms with Crippen molar-refractivity contribution in [3.63, 3.8) is 0 Å². The molecule has 4 N–H and O–H groups in total. The van der Waals surface area contributed by atoms with Gasteiger partial charge in [-0.15, -0.1) is 0 Å². The number of nitrogen functional groups attached to an aromatic ring is 1. The number of amidine groups is 1. The number of hydrogen-bond donors (Lipinski definition) is 3. The van der Waals surface area contributed by atoms with Crippen LogP contribution in [0.3, 0.4) is 0 Å². The molecule has 118 valence electrons. The van der Waals surface area contributed by atoms with Gasteiger partial charge in [0.1, 0.15) is 11.4 Å². The van der Waals surface area contributed by atoms with Crippen LogP contribution in [0.4, 0.5) is 14.9 Å². The van der Waals surface area contributed by atoms with E-state index >= 15 is 0 Å². The van der Waals surface area contributed by atoms with Crippen molar-refractivity contribution in [3.05, 3.63) is 29.6 Å². The lowest BCUT2D eigenvalue weighted by Gasteiger charge is -2.49. The van der Waals surface area contributed by atoms with Crippen LogP contribution in [0.5, 0.6) is 0 Å². The van der Waals surface area contributed by atoms with Gasteiger partial charge in [0.15, 0.2) is 0 Å². The highest BCUT2D eigenvalue weighted by molar-refractivity contribution is 5.90. The average Bonchev–Trinajstić information content (AvgIpc) is 2.38. The molecule has 3 rings (SSSR count). The van der Waals surface area contributed by atoms with Crippen molar-refractivity contribution in [3.8, 4) is 0 Å². The maximum Gasteiger partial charge on any atom is 0.412 e. The number of benzene rings is 1. The number of nitrogens with zero attached hydrogens (tertiary/aromatic N) is 1. The lowest BCUT2D eigenvalue weighted by Crippen LogP contribution is -2.54. The second kappa shape index (κ2) is 4.86. The van der Waals surface area contributed by atoms with Crippen LogP contribution in [-0.2, 0) is 10.3 Å². The minimum absolute atomic E-state index is 0.0808. The van der Waals surface area contributed by atoms with E-state index in [2.05, 4.69) is 10.3 Å². The number of amides is 1. The van der Waals surface area contributed by atoms with Crippen LogP contribution >= 0.6 is 0 Å². The molecule has 1 aromatic rings. The van der Waals surface area contributed by atoms with E-state index in [-0.39, 0.29) is 6.02 Å². The molecule has 1 fully saturated rings. The van der Waals surface area contributed by atoms with Gasteiger partial charge in [0, 0.05) is 17.7 Å². The molecule has 22 heavy (non-hydrogen) atoms. The van der Waals surface area contributed by atoms with Gasteiger partial charge in [-0.25, -0.2) is 19.5 Å². The number of rotatable bonds is 1. The number of nitrogens with two attached hydrogens (primary N) is 1. The number of ether oxygens (including phenoxy) is 1. The zero-order valence-corrected chi connectivity index (χ0v) is 12.2. The highest BCUT2D eigenvalue weighted by atomic mass is 19.1. The summed E-state index contributed by atoms with van der Waals surface area (Å²) in [6, 6.07) is 4.26. The molecule has 7 heteroatoms. The lowest BCUT2D eigenvalue weighted by atomic mass is 9.69. The van der Waals surface area contributed by atoms with E-state index in [1.165, 1.54) is 12.1 Å². The second-order valence-electron chi connectivity index (χ2n) is 6.18. The third kappa shape index (κ3) is 2.47. The summed E-state index contributed by atoms with van der Waals surface area (Å²) in [5.74, 6) is -0.411. The van der Waals surface area contributed by atoms with Crippen molar-refractivity contribution in [2.45, 2.75) is 43.7 Å². The first kappa shape index (κ1) is 14.6. The Labute approximate surface area is 127 Å². The predicted octanol–water partition coefficient (Wildman–Crippen LogP) is 2.59. The molecule has 1 aliphatic heterocycles. The monoisotopic (exact) mass is 307 g/mol. The number of aliphatic imine (C=N–C) groups is 1. The van der Waals surface area contributed by atoms with Gasteiger partial charge < -0.3 is 15.6 Å². The molecular weight excluding hydrogens is 289 g/mol. The smallest absolute Gasteiger partial charge is 0.412 e. The summed E-state index contributed by atoms with van der Waals surface area (Å²) in [5.41, 5.74) is 5.16.